The van der Waals surface area contributed by atoms with Gasteiger partial charge in [-0.1, -0.05) is 19.6 Å². The monoisotopic (exact) mass is 254 g/mol. The van der Waals surface area contributed by atoms with Crippen LogP contribution in [0.15, 0.2) is 12.0 Å². The largest absolute Gasteiger partial charge is 1.00 e. The van der Waals surface area contributed by atoms with E-state index in [2.05, 4.69) is 0 Å². The van der Waals surface area contributed by atoms with Gasteiger partial charge in [-0.05, 0) is 19.6 Å². The molecule has 0 atom stereocenters. The first-order chi connectivity index (χ1) is 6.49. The molecular formula is C9H19LiO4Si2. The van der Waals surface area contributed by atoms with Crippen molar-refractivity contribution in [2.24, 2.45) is 0 Å². The number of carbonyl (C=O) groups excluding carboxylic acids is 1. The minimum Gasteiger partial charge on any atom is -0.634 e. The van der Waals surface area contributed by atoms with Crippen molar-refractivity contribution in [3.05, 3.63) is 12.0 Å². The van der Waals surface area contributed by atoms with Crippen molar-refractivity contribution in [3.8, 4) is 0 Å². The Kier molecular flexibility index (Phi) is 7.45. The van der Waals surface area contributed by atoms with Crippen LogP contribution in [0.25, 0.3) is 0 Å². The molecule has 0 bridgehead atoms. The first kappa shape index (κ1) is 18.2. The molecule has 0 aliphatic heterocycles. The maximum Gasteiger partial charge on any atom is 1.00 e. The van der Waals surface area contributed by atoms with Gasteiger partial charge in [0.05, 0.1) is 5.95 Å². The van der Waals surface area contributed by atoms with Crippen LogP contribution in [0.5, 0.6) is 0 Å². The molecule has 0 aliphatic carbocycles. The van der Waals surface area contributed by atoms with Crippen LogP contribution in [-0.2, 0) is 13.6 Å². The van der Waals surface area contributed by atoms with Crippen LogP contribution in [0, 0.1) is 0 Å². The summed E-state index contributed by atoms with van der Waals surface area (Å²) < 4.78 is 10.2. The first-order valence-corrected chi connectivity index (χ1v) is 11.6. The quantitative estimate of drug-likeness (QED) is 0.345. The summed E-state index contributed by atoms with van der Waals surface area (Å²) in [5, 5.41) is 11.2. The Bertz CT molecular complexity index is 266. The Balaban J connectivity index is 0. The third-order valence-corrected chi connectivity index (χ3v) is 2.68. The number of rotatable bonds is 4. The summed E-state index contributed by atoms with van der Waals surface area (Å²) in [5.74, 6) is -1.20. The summed E-state index contributed by atoms with van der Waals surface area (Å²) in [7, 11) is -3.85. The van der Waals surface area contributed by atoms with Crippen LogP contribution >= 0.6 is 0 Å². The van der Waals surface area contributed by atoms with Gasteiger partial charge in [-0.3, -0.25) is 0 Å². The maximum atomic E-state index is 11.2. The van der Waals surface area contributed by atoms with Gasteiger partial charge in [0.25, 0.3) is 0 Å². The van der Waals surface area contributed by atoms with Crippen LogP contribution in [-0.4, -0.2) is 22.6 Å². The van der Waals surface area contributed by atoms with Gasteiger partial charge < -0.3 is 14.0 Å². The molecule has 0 saturated carbocycles. The third-order valence-electron chi connectivity index (χ3n) is 1.05. The fraction of sp³-hybridized carbons (Fsp3) is 0.667. The fourth-order valence-corrected chi connectivity index (χ4v) is 2.08. The predicted molar refractivity (Wildman–Crippen MR) is 62.0 cm³/mol. The molecule has 0 aliphatic rings. The van der Waals surface area contributed by atoms with Crippen molar-refractivity contribution in [1.82, 2.24) is 0 Å². The van der Waals surface area contributed by atoms with E-state index in [1.165, 1.54) is 0 Å². The smallest absolute Gasteiger partial charge is 0.634 e. The topological polar surface area (TPSA) is 58.6 Å². The van der Waals surface area contributed by atoms with Crippen molar-refractivity contribution in [3.63, 3.8) is 0 Å². The average Bonchev–Trinajstić information content (AvgIpc) is 1.73. The summed E-state index contributed by atoms with van der Waals surface area (Å²) in [4.78, 5) is 11.2. The van der Waals surface area contributed by atoms with Crippen molar-refractivity contribution < 1.29 is 37.6 Å². The van der Waals surface area contributed by atoms with E-state index >= 15 is 0 Å². The molecule has 0 rings (SSSR count). The van der Waals surface area contributed by atoms with Gasteiger partial charge in [-0.2, -0.15) is 0 Å². The van der Waals surface area contributed by atoms with Crippen LogP contribution in [0.4, 0.5) is 0 Å². The summed E-state index contributed by atoms with van der Waals surface area (Å²) in [5.41, 5.74) is 0. The molecule has 0 amide bonds. The molecule has 4 nitrogen and oxygen atoms in total. The van der Waals surface area contributed by atoms with E-state index in [1.807, 2.05) is 39.3 Å². The van der Waals surface area contributed by atoms with Gasteiger partial charge in [-0.25, -0.2) is 4.79 Å². The van der Waals surface area contributed by atoms with Crippen molar-refractivity contribution in [1.29, 1.82) is 0 Å². The zero-order valence-corrected chi connectivity index (χ0v) is 13.2. The van der Waals surface area contributed by atoms with Crippen molar-refractivity contribution in [2.45, 2.75) is 39.3 Å². The Morgan fingerprint density at radius 3 is 1.69 bits per heavy atom. The van der Waals surface area contributed by atoms with E-state index in [-0.39, 0.29) is 18.9 Å². The molecule has 0 spiro atoms. The molecule has 16 heavy (non-hydrogen) atoms. The van der Waals surface area contributed by atoms with Gasteiger partial charge in [0, 0.05) is 6.08 Å². The molecule has 88 valence electrons. The molecule has 0 unspecified atom stereocenters. The molecule has 7 heteroatoms. The van der Waals surface area contributed by atoms with E-state index in [9.17, 15) is 9.90 Å². The number of carbonyl (C=O) groups is 1. The van der Waals surface area contributed by atoms with E-state index in [4.69, 9.17) is 8.85 Å². The Labute approximate surface area is 111 Å². The second-order valence-electron chi connectivity index (χ2n) is 5.21. The third kappa shape index (κ3) is 11.9. The molecule has 0 saturated heterocycles. The van der Waals surface area contributed by atoms with Gasteiger partial charge in [0.15, 0.2) is 0 Å². The van der Waals surface area contributed by atoms with Gasteiger partial charge in [0.2, 0.25) is 8.32 Å². The Morgan fingerprint density at radius 1 is 1.00 bits per heavy atom. The minimum atomic E-state index is -1.92. The second-order valence-corrected chi connectivity index (χ2v) is 14.1. The molecule has 0 fully saturated rings. The normalized spacial score (nSPS) is 12.8. The SMILES string of the molecule is C[Si](C)(C)OC(=O)/C=C(\[O-])O[Si](C)(C)C.[Li+]. The van der Waals surface area contributed by atoms with Gasteiger partial charge >= 0.3 is 24.8 Å². The zero-order chi connectivity index (χ0) is 12.3. The second kappa shape index (κ2) is 6.55. The zero-order valence-electron chi connectivity index (χ0n) is 11.2. The molecule has 0 radical (unpaired) electrons. The predicted octanol–water partition coefficient (Wildman–Crippen LogP) is -1.58. The summed E-state index contributed by atoms with van der Waals surface area (Å²) >= 11 is 0. The molecule has 0 aromatic heterocycles. The summed E-state index contributed by atoms with van der Waals surface area (Å²) in [6.45, 7) is 11.3. The first-order valence-electron chi connectivity index (χ1n) is 4.80. The maximum absolute atomic E-state index is 11.2. The molecule has 0 heterocycles. The van der Waals surface area contributed by atoms with Crippen LogP contribution < -0.4 is 24.0 Å². The van der Waals surface area contributed by atoms with E-state index in [0.29, 0.717) is 0 Å². The Morgan fingerprint density at radius 2 is 1.38 bits per heavy atom. The molecule has 0 aromatic rings. The molecular weight excluding hydrogens is 235 g/mol. The summed E-state index contributed by atoms with van der Waals surface area (Å²) in [6, 6.07) is 0. The minimum absolute atomic E-state index is 0. The molecule has 0 aromatic carbocycles. The van der Waals surface area contributed by atoms with Crippen LogP contribution in [0.2, 0.25) is 39.3 Å². The van der Waals surface area contributed by atoms with Crippen molar-refractivity contribution >= 4 is 22.6 Å². The van der Waals surface area contributed by atoms with Gasteiger partial charge in [0.1, 0.15) is 8.32 Å². The average molecular weight is 254 g/mol. The Hall–Kier alpha value is -0.159. The number of hydrogen-bond acceptors (Lipinski definition) is 4. The number of hydrogen-bond donors (Lipinski definition) is 0. The van der Waals surface area contributed by atoms with Crippen LogP contribution in [0.3, 0.4) is 0 Å². The van der Waals surface area contributed by atoms with E-state index in [1.54, 1.807) is 0 Å². The van der Waals surface area contributed by atoms with E-state index in [0.717, 1.165) is 6.08 Å². The van der Waals surface area contributed by atoms with Crippen molar-refractivity contribution in [2.75, 3.05) is 0 Å². The standard InChI is InChI=1S/C9H20O4Si2.Li/c1-14(2,3)12-8(10)7-9(11)13-15(4,5)6;/h7,10H,1-6H3;/q;+1/p-1/b8-7+;. The molecule has 0 N–H and O–H groups in total. The van der Waals surface area contributed by atoms with Gasteiger partial charge in [-0.15, -0.1) is 0 Å². The van der Waals surface area contributed by atoms with Crippen LogP contribution in [0.1, 0.15) is 0 Å². The van der Waals surface area contributed by atoms with E-state index < -0.39 is 28.5 Å². The fourth-order valence-electron chi connectivity index (χ4n) is 0.759. The summed E-state index contributed by atoms with van der Waals surface area (Å²) in [6.07, 6.45) is 0.885.